The SMILES string of the molecule is CC(C)(CNC(=O)CCCCNCCN)SC(c1ccccc1)(c1ccccc1)c1ccccc1. The Bertz CT molecular complexity index is 913. The first-order chi connectivity index (χ1) is 17.0. The normalized spacial score (nSPS) is 11.9. The third-order valence-corrected chi connectivity index (χ3v) is 7.72. The molecule has 0 aliphatic carbocycles. The number of nitrogens with two attached hydrogens (primary N) is 1. The number of rotatable bonds is 14. The Morgan fingerprint density at radius 2 is 1.26 bits per heavy atom. The summed E-state index contributed by atoms with van der Waals surface area (Å²) in [5.74, 6) is 0.113. The minimum absolute atomic E-state index is 0.113. The number of nitrogens with one attached hydrogen (secondary N) is 2. The lowest BCUT2D eigenvalue weighted by Crippen LogP contribution is -2.40. The number of benzene rings is 3. The second kappa shape index (κ2) is 13.5. The number of thioether (sulfide) groups is 1. The van der Waals surface area contributed by atoms with Crippen molar-refractivity contribution in [2.45, 2.75) is 42.6 Å². The van der Waals surface area contributed by atoms with E-state index in [1.807, 2.05) is 11.8 Å². The first-order valence-corrected chi connectivity index (χ1v) is 13.3. The summed E-state index contributed by atoms with van der Waals surface area (Å²) in [5, 5.41) is 6.48. The van der Waals surface area contributed by atoms with E-state index in [1.54, 1.807) is 0 Å². The topological polar surface area (TPSA) is 67.2 Å². The lowest BCUT2D eigenvalue weighted by molar-refractivity contribution is -0.121. The van der Waals surface area contributed by atoms with E-state index in [0.29, 0.717) is 19.5 Å². The molecule has 5 heteroatoms. The maximum absolute atomic E-state index is 12.6. The smallest absolute Gasteiger partial charge is 0.220 e. The number of hydrogen-bond donors (Lipinski definition) is 3. The molecule has 4 nitrogen and oxygen atoms in total. The van der Waals surface area contributed by atoms with Crippen molar-refractivity contribution in [3.8, 4) is 0 Å². The highest BCUT2D eigenvalue weighted by Gasteiger charge is 2.42. The van der Waals surface area contributed by atoms with Gasteiger partial charge in [-0.15, -0.1) is 11.8 Å². The number of unbranched alkanes of at least 4 members (excludes halogenated alkanes) is 1. The van der Waals surface area contributed by atoms with Crippen LogP contribution in [0.15, 0.2) is 91.0 Å². The minimum atomic E-state index is -0.410. The standard InChI is InChI=1S/C30H39N3OS/c1-29(2,24-33-28(34)20-12-13-22-32-23-21-31)35-30(25-14-6-3-7-15-25,26-16-8-4-9-17-26)27-18-10-5-11-19-27/h3-11,14-19,32H,12-13,20-24,31H2,1-2H3,(H,33,34). The molecule has 3 aromatic rings. The van der Waals surface area contributed by atoms with Crippen molar-refractivity contribution in [2.24, 2.45) is 5.73 Å². The maximum atomic E-state index is 12.6. The van der Waals surface area contributed by atoms with Crippen molar-refractivity contribution in [2.75, 3.05) is 26.2 Å². The molecule has 3 rings (SSSR count). The molecule has 1 amide bonds. The van der Waals surface area contributed by atoms with Crippen LogP contribution in [0.25, 0.3) is 0 Å². The van der Waals surface area contributed by atoms with Crippen LogP contribution in [0.2, 0.25) is 0 Å². The van der Waals surface area contributed by atoms with E-state index in [2.05, 4.69) is 115 Å². The monoisotopic (exact) mass is 489 g/mol. The molecule has 0 aliphatic heterocycles. The molecule has 0 saturated carbocycles. The fourth-order valence-corrected chi connectivity index (χ4v) is 6.04. The number of carbonyl (C=O) groups excluding carboxylic acids is 1. The second-order valence-electron chi connectivity index (χ2n) is 9.41. The van der Waals surface area contributed by atoms with E-state index in [-0.39, 0.29) is 10.7 Å². The van der Waals surface area contributed by atoms with Gasteiger partial charge in [-0.1, -0.05) is 91.0 Å². The predicted molar refractivity (Wildman–Crippen MR) is 150 cm³/mol. The first kappa shape index (κ1) is 27.0. The maximum Gasteiger partial charge on any atom is 0.220 e. The van der Waals surface area contributed by atoms with Gasteiger partial charge in [-0.3, -0.25) is 4.79 Å². The lowest BCUT2D eigenvalue weighted by Gasteiger charge is -2.41. The van der Waals surface area contributed by atoms with Crippen LogP contribution >= 0.6 is 11.8 Å². The van der Waals surface area contributed by atoms with Crippen molar-refractivity contribution >= 4 is 17.7 Å². The van der Waals surface area contributed by atoms with Crippen molar-refractivity contribution in [1.29, 1.82) is 0 Å². The van der Waals surface area contributed by atoms with Gasteiger partial charge in [0.25, 0.3) is 0 Å². The van der Waals surface area contributed by atoms with Gasteiger partial charge in [0.2, 0.25) is 5.91 Å². The van der Waals surface area contributed by atoms with Crippen LogP contribution in [0.5, 0.6) is 0 Å². The molecule has 0 radical (unpaired) electrons. The van der Waals surface area contributed by atoms with Gasteiger partial charge in [0.15, 0.2) is 0 Å². The van der Waals surface area contributed by atoms with E-state index in [4.69, 9.17) is 5.73 Å². The van der Waals surface area contributed by atoms with E-state index in [0.717, 1.165) is 25.9 Å². The van der Waals surface area contributed by atoms with Crippen LogP contribution in [-0.4, -0.2) is 36.8 Å². The summed E-state index contributed by atoms with van der Waals surface area (Å²) in [6.07, 6.45) is 2.40. The summed E-state index contributed by atoms with van der Waals surface area (Å²) in [4.78, 5) is 12.6. The van der Waals surface area contributed by atoms with Crippen LogP contribution in [-0.2, 0) is 9.54 Å². The Morgan fingerprint density at radius 1 is 0.771 bits per heavy atom. The third kappa shape index (κ3) is 7.69. The highest BCUT2D eigenvalue weighted by molar-refractivity contribution is 8.02. The zero-order chi connectivity index (χ0) is 25.0. The molecular formula is C30H39N3OS. The van der Waals surface area contributed by atoms with E-state index < -0.39 is 4.75 Å². The lowest BCUT2D eigenvalue weighted by atomic mass is 9.84. The summed E-state index contributed by atoms with van der Waals surface area (Å²) < 4.78 is -0.632. The van der Waals surface area contributed by atoms with Gasteiger partial charge in [0, 0.05) is 30.8 Å². The highest BCUT2D eigenvalue weighted by atomic mass is 32.2. The minimum Gasteiger partial charge on any atom is -0.355 e. The Hall–Kier alpha value is -2.60. The Balaban J connectivity index is 1.81. The average Bonchev–Trinajstić information content (AvgIpc) is 2.90. The van der Waals surface area contributed by atoms with Crippen molar-refractivity contribution in [3.63, 3.8) is 0 Å². The summed E-state index contributed by atoms with van der Waals surface area (Å²) in [7, 11) is 0. The molecule has 0 fully saturated rings. The van der Waals surface area contributed by atoms with Crippen LogP contribution < -0.4 is 16.4 Å². The second-order valence-corrected chi connectivity index (χ2v) is 11.3. The van der Waals surface area contributed by atoms with E-state index in [1.165, 1.54) is 16.7 Å². The van der Waals surface area contributed by atoms with Gasteiger partial charge in [-0.25, -0.2) is 0 Å². The highest BCUT2D eigenvalue weighted by Crippen LogP contribution is 2.53. The Morgan fingerprint density at radius 3 is 1.71 bits per heavy atom. The van der Waals surface area contributed by atoms with Gasteiger partial charge in [0.05, 0.1) is 4.75 Å². The van der Waals surface area contributed by atoms with Crippen LogP contribution in [0.1, 0.15) is 49.8 Å². The zero-order valence-corrected chi connectivity index (χ0v) is 21.8. The summed E-state index contributed by atoms with van der Waals surface area (Å²) in [6, 6.07) is 32.1. The molecule has 4 N–H and O–H groups in total. The molecule has 0 unspecified atom stereocenters. The molecule has 0 aliphatic rings. The largest absolute Gasteiger partial charge is 0.355 e. The van der Waals surface area contributed by atoms with E-state index in [9.17, 15) is 4.79 Å². The van der Waals surface area contributed by atoms with Crippen molar-refractivity contribution in [1.82, 2.24) is 10.6 Å². The summed E-state index contributed by atoms with van der Waals surface area (Å²) in [6.45, 7) is 7.40. The molecule has 186 valence electrons. The fourth-order valence-electron chi connectivity index (χ4n) is 4.31. The molecule has 0 atom stereocenters. The first-order valence-electron chi connectivity index (χ1n) is 12.5. The number of carbonyl (C=O) groups is 1. The predicted octanol–water partition coefficient (Wildman–Crippen LogP) is 5.33. The Kier molecular flexibility index (Phi) is 10.4. The molecule has 0 heterocycles. The molecule has 0 bridgehead atoms. The molecule has 0 saturated heterocycles. The van der Waals surface area contributed by atoms with Gasteiger partial charge in [0.1, 0.15) is 0 Å². The summed E-state index contributed by atoms with van der Waals surface area (Å²) in [5.41, 5.74) is 9.18. The molecule has 0 aromatic heterocycles. The molecule has 0 spiro atoms. The van der Waals surface area contributed by atoms with Gasteiger partial charge < -0.3 is 16.4 Å². The average molecular weight is 490 g/mol. The van der Waals surface area contributed by atoms with Gasteiger partial charge in [-0.2, -0.15) is 0 Å². The van der Waals surface area contributed by atoms with Crippen LogP contribution in [0.4, 0.5) is 0 Å². The Labute approximate surface area is 215 Å². The van der Waals surface area contributed by atoms with Gasteiger partial charge in [-0.05, 0) is 49.9 Å². The molecular weight excluding hydrogens is 450 g/mol. The molecule has 3 aromatic carbocycles. The molecule has 35 heavy (non-hydrogen) atoms. The third-order valence-electron chi connectivity index (χ3n) is 6.01. The van der Waals surface area contributed by atoms with Gasteiger partial charge >= 0.3 is 0 Å². The fraction of sp³-hybridized carbons (Fsp3) is 0.367. The van der Waals surface area contributed by atoms with Crippen molar-refractivity contribution in [3.05, 3.63) is 108 Å². The number of amides is 1. The van der Waals surface area contributed by atoms with Crippen molar-refractivity contribution < 1.29 is 4.79 Å². The van der Waals surface area contributed by atoms with Crippen LogP contribution in [0, 0.1) is 0 Å². The zero-order valence-electron chi connectivity index (χ0n) is 21.0. The van der Waals surface area contributed by atoms with E-state index >= 15 is 0 Å². The number of hydrogen-bond acceptors (Lipinski definition) is 4. The van der Waals surface area contributed by atoms with Crippen LogP contribution in [0.3, 0.4) is 0 Å². The summed E-state index contributed by atoms with van der Waals surface area (Å²) >= 11 is 1.90. The quantitative estimate of drug-likeness (QED) is 0.212.